The molecule has 0 aromatic carbocycles. The second-order valence-electron chi connectivity index (χ2n) is 7.62. The Labute approximate surface area is 152 Å². The number of hydrogen-bond acceptors (Lipinski definition) is 4. The summed E-state index contributed by atoms with van der Waals surface area (Å²) >= 11 is 0. The number of aromatic nitrogens is 1. The van der Waals surface area contributed by atoms with Gasteiger partial charge in [0.1, 0.15) is 12.3 Å². The van der Waals surface area contributed by atoms with Crippen LogP contribution in [0.4, 0.5) is 0 Å². The molecular weight excluding hydrogens is 314 g/mol. The first-order valence-electron chi connectivity index (χ1n) is 9.49. The van der Waals surface area contributed by atoms with Crippen molar-refractivity contribution in [2.45, 2.75) is 65.5 Å². The van der Waals surface area contributed by atoms with Gasteiger partial charge in [-0.15, -0.1) is 0 Å². The fourth-order valence-corrected chi connectivity index (χ4v) is 3.70. The van der Waals surface area contributed by atoms with E-state index in [9.17, 15) is 0 Å². The van der Waals surface area contributed by atoms with Crippen LogP contribution in [0.5, 0.6) is 0 Å². The van der Waals surface area contributed by atoms with E-state index >= 15 is 0 Å². The third kappa shape index (κ3) is 5.21. The Bertz CT molecular complexity index is 561. The number of nitrogens with zero attached hydrogens (tertiary/aromatic N) is 3. The lowest BCUT2D eigenvalue weighted by Crippen LogP contribution is -2.56. The molecule has 2 rings (SSSR count). The van der Waals surface area contributed by atoms with Crippen molar-refractivity contribution in [3.63, 3.8) is 0 Å². The minimum Gasteiger partial charge on any atom is -0.444 e. The van der Waals surface area contributed by atoms with Gasteiger partial charge in [-0.1, -0.05) is 19.8 Å². The predicted molar refractivity (Wildman–Crippen MR) is 103 cm³/mol. The summed E-state index contributed by atoms with van der Waals surface area (Å²) in [6.07, 6.45) is 5.09. The van der Waals surface area contributed by atoms with E-state index in [4.69, 9.17) is 4.42 Å². The van der Waals surface area contributed by atoms with E-state index in [1.165, 1.54) is 25.7 Å². The van der Waals surface area contributed by atoms with E-state index < -0.39 is 0 Å². The highest BCUT2D eigenvalue weighted by atomic mass is 16.4. The summed E-state index contributed by atoms with van der Waals surface area (Å²) in [4.78, 5) is 11.4. The van der Waals surface area contributed by atoms with Gasteiger partial charge < -0.3 is 20.0 Å². The van der Waals surface area contributed by atoms with Gasteiger partial charge in [0.15, 0.2) is 5.96 Å². The van der Waals surface area contributed by atoms with Crippen molar-refractivity contribution in [2.75, 3.05) is 27.2 Å². The lowest BCUT2D eigenvalue weighted by Gasteiger charge is -2.45. The van der Waals surface area contributed by atoms with E-state index in [1.54, 1.807) is 0 Å². The molecule has 6 heteroatoms. The summed E-state index contributed by atoms with van der Waals surface area (Å²) in [5.74, 6) is 3.14. The quantitative estimate of drug-likeness (QED) is 0.611. The summed E-state index contributed by atoms with van der Waals surface area (Å²) < 4.78 is 5.63. The second-order valence-corrected chi connectivity index (χ2v) is 7.62. The van der Waals surface area contributed by atoms with Crippen molar-refractivity contribution in [1.29, 1.82) is 0 Å². The van der Waals surface area contributed by atoms with Gasteiger partial charge in [-0.2, -0.15) is 0 Å². The van der Waals surface area contributed by atoms with E-state index in [0.717, 1.165) is 36.4 Å². The molecule has 0 saturated heterocycles. The first-order valence-corrected chi connectivity index (χ1v) is 9.49. The van der Waals surface area contributed by atoms with Crippen LogP contribution in [-0.4, -0.2) is 48.6 Å². The lowest BCUT2D eigenvalue weighted by molar-refractivity contribution is 0.0795. The normalized spacial score (nSPS) is 24.6. The average Bonchev–Trinajstić information content (AvgIpc) is 2.88. The first kappa shape index (κ1) is 19.8. The van der Waals surface area contributed by atoms with Gasteiger partial charge >= 0.3 is 0 Å². The van der Waals surface area contributed by atoms with Gasteiger partial charge in [0.25, 0.3) is 0 Å². The fourth-order valence-electron chi connectivity index (χ4n) is 3.70. The molecule has 6 nitrogen and oxygen atoms in total. The van der Waals surface area contributed by atoms with Gasteiger partial charge in [0, 0.05) is 18.6 Å². The zero-order valence-corrected chi connectivity index (χ0v) is 16.8. The number of rotatable bonds is 6. The monoisotopic (exact) mass is 349 g/mol. The Morgan fingerprint density at radius 3 is 2.68 bits per heavy atom. The predicted octanol–water partition coefficient (Wildman–Crippen LogP) is 2.86. The van der Waals surface area contributed by atoms with Gasteiger partial charge in [-0.3, -0.25) is 0 Å². The van der Waals surface area contributed by atoms with Crippen molar-refractivity contribution in [3.05, 3.63) is 17.3 Å². The van der Waals surface area contributed by atoms with E-state index in [-0.39, 0.29) is 5.54 Å². The Morgan fingerprint density at radius 2 is 2.12 bits per heavy atom. The maximum atomic E-state index is 5.63. The van der Waals surface area contributed by atoms with Gasteiger partial charge in [0.2, 0.25) is 5.89 Å². The number of aryl methyl sites for hydroxylation is 2. The highest BCUT2D eigenvalue weighted by Crippen LogP contribution is 2.35. The van der Waals surface area contributed by atoms with E-state index in [1.807, 2.05) is 13.8 Å². The maximum absolute atomic E-state index is 5.63. The molecule has 0 spiro atoms. The molecule has 1 aliphatic rings. The molecule has 2 atom stereocenters. The van der Waals surface area contributed by atoms with E-state index in [0.29, 0.717) is 12.4 Å². The number of nitrogens with one attached hydrogen (secondary N) is 2. The molecule has 25 heavy (non-hydrogen) atoms. The molecule has 1 aromatic rings. The van der Waals surface area contributed by atoms with Crippen LogP contribution >= 0.6 is 0 Å². The highest BCUT2D eigenvalue weighted by molar-refractivity contribution is 5.79. The molecule has 0 radical (unpaired) electrons. The maximum Gasteiger partial charge on any atom is 0.216 e. The Kier molecular flexibility index (Phi) is 6.87. The summed E-state index contributed by atoms with van der Waals surface area (Å²) in [6, 6.07) is 0. The zero-order valence-electron chi connectivity index (χ0n) is 16.8. The van der Waals surface area contributed by atoms with Crippen molar-refractivity contribution in [2.24, 2.45) is 10.9 Å². The van der Waals surface area contributed by atoms with Crippen molar-refractivity contribution < 1.29 is 4.42 Å². The molecule has 142 valence electrons. The van der Waals surface area contributed by atoms with Gasteiger partial charge in [-0.25, -0.2) is 9.98 Å². The minimum absolute atomic E-state index is 0.198. The van der Waals surface area contributed by atoms with Crippen LogP contribution in [0.3, 0.4) is 0 Å². The van der Waals surface area contributed by atoms with Crippen LogP contribution in [0.2, 0.25) is 0 Å². The molecular formula is C19H35N5O. The van der Waals surface area contributed by atoms with Gasteiger partial charge in [0.05, 0.1) is 5.69 Å². The molecule has 1 aromatic heterocycles. The van der Waals surface area contributed by atoms with Crippen molar-refractivity contribution in [1.82, 2.24) is 20.5 Å². The SMILES string of the molecule is CCNC(=NCc1nc(C)c(C)o1)NCC1(N(C)C)CCCC(C)C1. The Balaban J connectivity index is 2.02. The molecule has 0 amide bonds. The Hall–Kier alpha value is -1.56. The smallest absolute Gasteiger partial charge is 0.216 e. The van der Waals surface area contributed by atoms with Crippen molar-refractivity contribution in [3.8, 4) is 0 Å². The summed E-state index contributed by atoms with van der Waals surface area (Å²) in [5.41, 5.74) is 1.13. The number of guanidine groups is 1. The molecule has 0 bridgehead atoms. The average molecular weight is 350 g/mol. The largest absolute Gasteiger partial charge is 0.444 e. The molecule has 1 fully saturated rings. The van der Waals surface area contributed by atoms with E-state index in [2.05, 4.69) is 53.5 Å². The topological polar surface area (TPSA) is 65.7 Å². The zero-order chi connectivity index (χ0) is 18.4. The number of aliphatic imine (C=N–C) groups is 1. The van der Waals surface area contributed by atoms with Crippen molar-refractivity contribution >= 4 is 5.96 Å². The van der Waals surface area contributed by atoms with Crippen LogP contribution < -0.4 is 10.6 Å². The number of likely N-dealkylation sites (N-methyl/N-ethyl adjacent to an activating group) is 1. The first-order chi connectivity index (χ1) is 11.9. The van der Waals surface area contributed by atoms with Crippen LogP contribution in [0.25, 0.3) is 0 Å². The molecule has 0 aliphatic heterocycles. The van der Waals surface area contributed by atoms with Crippen LogP contribution in [0, 0.1) is 19.8 Å². The van der Waals surface area contributed by atoms with Crippen LogP contribution in [0.15, 0.2) is 9.41 Å². The molecule has 1 saturated carbocycles. The second kappa shape index (κ2) is 8.70. The molecule has 2 N–H and O–H groups in total. The molecule has 2 unspecified atom stereocenters. The summed E-state index contributed by atoms with van der Waals surface area (Å²) in [6.45, 7) is 10.5. The number of oxazole rings is 1. The summed E-state index contributed by atoms with van der Waals surface area (Å²) in [7, 11) is 4.39. The minimum atomic E-state index is 0.198. The third-order valence-electron chi connectivity index (χ3n) is 5.39. The number of hydrogen-bond donors (Lipinski definition) is 2. The molecule has 1 aliphatic carbocycles. The standard InChI is InChI=1S/C19H35N5O/c1-7-20-18(21-12-17-23-15(3)16(4)25-17)22-13-19(24(5)6)10-8-9-14(2)11-19/h14H,7-13H2,1-6H3,(H2,20,21,22). The summed E-state index contributed by atoms with van der Waals surface area (Å²) in [5, 5.41) is 6.88. The fraction of sp³-hybridized carbons (Fsp3) is 0.789. The van der Waals surface area contributed by atoms with Gasteiger partial charge in [-0.05, 0) is 53.6 Å². The molecule has 1 heterocycles. The lowest BCUT2D eigenvalue weighted by atomic mass is 9.75. The van der Waals surface area contributed by atoms with Crippen LogP contribution in [0.1, 0.15) is 56.9 Å². The Morgan fingerprint density at radius 1 is 1.36 bits per heavy atom. The third-order valence-corrected chi connectivity index (χ3v) is 5.39. The van der Waals surface area contributed by atoms with Crippen LogP contribution in [-0.2, 0) is 6.54 Å². The highest BCUT2D eigenvalue weighted by Gasteiger charge is 2.36.